The van der Waals surface area contributed by atoms with E-state index in [0.29, 0.717) is 0 Å². The molecule has 0 aromatic heterocycles. The summed E-state index contributed by atoms with van der Waals surface area (Å²) in [6.45, 7) is 3.60. The first-order chi connectivity index (χ1) is 16.0. The highest BCUT2D eigenvalue weighted by Crippen LogP contribution is 2.27. The Morgan fingerprint density at radius 3 is 2.29 bits per heavy atom. The van der Waals surface area contributed by atoms with E-state index in [2.05, 4.69) is 5.32 Å². The highest BCUT2D eigenvalue weighted by Gasteiger charge is 2.32. The smallest absolute Gasteiger partial charge is 0.338 e. The van der Waals surface area contributed by atoms with Crippen LogP contribution in [0.25, 0.3) is 0 Å². The number of nitrogens with two attached hydrogens (primary N) is 1. The standard InChI is InChI=1S/C23H26FN3O6S/c1-3-33-23(30)16-4-6-18(7-5-16)34(31,32)27-10-8-15(9-11-27)22(29)26-20-13-17(21(25)28)12-19(24)14(20)2/h4-7,12-13,15H,3,8-11H2,1-2H3,(H2,25,28)(H,26,29). The van der Waals surface area contributed by atoms with Gasteiger partial charge >= 0.3 is 5.97 Å². The van der Waals surface area contributed by atoms with Crippen molar-refractivity contribution in [2.24, 2.45) is 11.7 Å². The minimum absolute atomic E-state index is 0.0396. The number of carbonyl (C=O) groups is 3. The van der Waals surface area contributed by atoms with Crippen molar-refractivity contribution in [1.82, 2.24) is 4.31 Å². The first kappa shape index (κ1) is 25.3. The summed E-state index contributed by atoms with van der Waals surface area (Å²) in [6.07, 6.45) is 0.534. The lowest BCUT2D eigenvalue weighted by molar-refractivity contribution is -0.120. The number of primary amides is 1. The Morgan fingerprint density at radius 1 is 1.12 bits per heavy atom. The highest BCUT2D eigenvalue weighted by molar-refractivity contribution is 7.89. The van der Waals surface area contributed by atoms with Gasteiger partial charge in [-0.15, -0.1) is 0 Å². The van der Waals surface area contributed by atoms with Gasteiger partial charge in [0.05, 0.1) is 17.1 Å². The maximum atomic E-state index is 14.1. The molecule has 0 unspecified atom stereocenters. The van der Waals surface area contributed by atoms with Crippen molar-refractivity contribution in [2.45, 2.75) is 31.6 Å². The van der Waals surface area contributed by atoms with Crippen molar-refractivity contribution >= 4 is 33.5 Å². The number of benzene rings is 2. The molecule has 1 fully saturated rings. The minimum Gasteiger partial charge on any atom is -0.462 e. The first-order valence-corrected chi connectivity index (χ1v) is 12.2. The normalized spacial score (nSPS) is 15.0. The van der Waals surface area contributed by atoms with E-state index in [4.69, 9.17) is 10.5 Å². The zero-order chi connectivity index (χ0) is 25.0. The Bertz CT molecular complexity index is 1210. The van der Waals surface area contributed by atoms with E-state index in [1.54, 1.807) is 6.92 Å². The fraction of sp³-hybridized carbons (Fsp3) is 0.348. The predicted molar refractivity (Wildman–Crippen MR) is 122 cm³/mol. The summed E-state index contributed by atoms with van der Waals surface area (Å²) in [5.74, 6) is -2.89. The molecule has 34 heavy (non-hydrogen) atoms. The number of rotatable bonds is 7. The SMILES string of the molecule is CCOC(=O)c1ccc(S(=O)(=O)N2CCC(C(=O)Nc3cc(C(N)=O)cc(F)c3C)CC2)cc1. The number of ether oxygens (including phenoxy) is 1. The molecular weight excluding hydrogens is 465 g/mol. The summed E-state index contributed by atoms with van der Waals surface area (Å²) in [5, 5.41) is 2.63. The van der Waals surface area contributed by atoms with Crippen molar-refractivity contribution in [1.29, 1.82) is 0 Å². The molecule has 0 saturated carbocycles. The molecule has 1 aliphatic rings. The van der Waals surface area contributed by atoms with Crippen molar-refractivity contribution in [3.63, 3.8) is 0 Å². The molecule has 3 N–H and O–H groups in total. The van der Waals surface area contributed by atoms with E-state index in [-0.39, 0.29) is 65.7 Å². The van der Waals surface area contributed by atoms with Crippen LogP contribution in [0, 0.1) is 18.7 Å². The summed E-state index contributed by atoms with van der Waals surface area (Å²) >= 11 is 0. The molecule has 0 aliphatic carbocycles. The van der Waals surface area contributed by atoms with Crippen molar-refractivity contribution < 1.29 is 31.9 Å². The summed E-state index contributed by atoms with van der Waals surface area (Å²) in [7, 11) is -3.80. The lowest BCUT2D eigenvalue weighted by Crippen LogP contribution is -2.41. The molecule has 1 heterocycles. The van der Waals surface area contributed by atoms with Gasteiger partial charge in [0.2, 0.25) is 21.8 Å². The third-order valence-corrected chi connectivity index (χ3v) is 7.63. The van der Waals surface area contributed by atoms with Crippen LogP contribution in [-0.4, -0.2) is 50.2 Å². The van der Waals surface area contributed by atoms with Crippen LogP contribution in [0.3, 0.4) is 0 Å². The number of sulfonamides is 1. The van der Waals surface area contributed by atoms with Gasteiger partial charge in [0, 0.05) is 35.8 Å². The van der Waals surface area contributed by atoms with Gasteiger partial charge in [0.25, 0.3) is 0 Å². The Hall–Kier alpha value is -3.31. The van der Waals surface area contributed by atoms with Gasteiger partial charge in [-0.05, 0) is 63.1 Å². The Balaban J connectivity index is 1.65. The van der Waals surface area contributed by atoms with Crippen LogP contribution in [0.1, 0.15) is 46.0 Å². The highest BCUT2D eigenvalue weighted by atomic mass is 32.2. The zero-order valence-corrected chi connectivity index (χ0v) is 19.7. The lowest BCUT2D eigenvalue weighted by atomic mass is 9.97. The predicted octanol–water partition coefficient (Wildman–Crippen LogP) is 2.45. The maximum Gasteiger partial charge on any atom is 0.338 e. The average Bonchev–Trinajstić information content (AvgIpc) is 2.82. The number of carbonyl (C=O) groups excluding carboxylic acids is 3. The molecule has 1 aliphatic heterocycles. The number of halogens is 1. The summed E-state index contributed by atoms with van der Waals surface area (Å²) < 4.78 is 46.2. The number of esters is 1. The van der Waals surface area contributed by atoms with Crippen LogP contribution in [0.2, 0.25) is 0 Å². The largest absolute Gasteiger partial charge is 0.462 e. The molecule has 3 rings (SSSR count). The Labute approximate surface area is 197 Å². The summed E-state index contributed by atoms with van der Waals surface area (Å²) in [4.78, 5) is 35.9. The molecule has 1 saturated heterocycles. The third-order valence-electron chi connectivity index (χ3n) is 5.71. The van der Waals surface area contributed by atoms with Gasteiger partial charge in [0.15, 0.2) is 0 Å². The lowest BCUT2D eigenvalue weighted by Gasteiger charge is -2.30. The van der Waals surface area contributed by atoms with Crippen LogP contribution in [-0.2, 0) is 19.6 Å². The number of anilines is 1. The van der Waals surface area contributed by atoms with E-state index in [9.17, 15) is 27.2 Å². The zero-order valence-electron chi connectivity index (χ0n) is 18.8. The summed E-state index contributed by atoms with van der Waals surface area (Å²) in [6, 6.07) is 7.82. The molecule has 2 aromatic carbocycles. The summed E-state index contributed by atoms with van der Waals surface area (Å²) in [5.41, 5.74) is 5.72. The van der Waals surface area contributed by atoms with Gasteiger partial charge in [-0.3, -0.25) is 9.59 Å². The molecule has 2 aromatic rings. The Kier molecular flexibility index (Phi) is 7.68. The van der Waals surface area contributed by atoms with Gasteiger partial charge in [0.1, 0.15) is 5.82 Å². The molecule has 0 spiro atoms. The average molecular weight is 492 g/mol. The molecule has 0 radical (unpaired) electrons. The molecule has 9 nitrogen and oxygen atoms in total. The van der Waals surface area contributed by atoms with Gasteiger partial charge in [-0.2, -0.15) is 4.31 Å². The van der Waals surface area contributed by atoms with Crippen molar-refractivity contribution in [3.05, 3.63) is 58.9 Å². The van der Waals surface area contributed by atoms with Crippen molar-refractivity contribution in [3.8, 4) is 0 Å². The van der Waals surface area contributed by atoms with Gasteiger partial charge in [-0.25, -0.2) is 17.6 Å². The second-order valence-corrected chi connectivity index (χ2v) is 9.85. The van der Waals surface area contributed by atoms with Crippen LogP contribution < -0.4 is 11.1 Å². The maximum absolute atomic E-state index is 14.1. The minimum atomic E-state index is -3.80. The molecule has 0 atom stereocenters. The van der Waals surface area contributed by atoms with Gasteiger partial charge in [-0.1, -0.05) is 0 Å². The molecule has 182 valence electrons. The van der Waals surface area contributed by atoms with Crippen LogP contribution >= 0.6 is 0 Å². The fourth-order valence-electron chi connectivity index (χ4n) is 3.67. The molecule has 11 heteroatoms. The second kappa shape index (κ2) is 10.3. The van der Waals surface area contributed by atoms with Crippen LogP contribution in [0.4, 0.5) is 10.1 Å². The molecule has 2 amide bonds. The van der Waals surface area contributed by atoms with Gasteiger partial charge < -0.3 is 15.8 Å². The number of nitrogens with zero attached hydrogens (tertiary/aromatic N) is 1. The number of amides is 2. The van der Waals surface area contributed by atoms with E-state index >= 15 is 0 Å². The van der Waals surface area contributed by atoms with Crippen molar-refractivity contribution in [2.75, 3.05) is 25.0 Å². The van der Waals surface area contributed by atoms with E-state index in [0.717, 1.165) is 6.07 Å². The number of hydrogen-bond donors (Lipinski definition) is 2. The van der Waals surface area contributed by atoms with Crippen LogP contribution in [0.15, 0.2) is 41.3 Å². The second-order valence-electron chi connectivity index (χ2n) is 7.91. The molecule has 0 bridgehead atoms. The topological polar surface area (TPSA) is 136 Å². The van der Waals surface area contributed by atoms with E-state index in [1.807, 2.05) is 0 Å². The number of nitrogens with one attached hydrogen (secondary N) is 1. The quantitative estimate of drug-likeness (QED) is 0.571. The number of piperidine rings is 1. The first-order valence-electron chi connectivity index (χ1n) is 10.7. The van der Waals surface area contributed by atoms with E-state index in [1.165, 1.54) is 41.6 Å². The van der Waals surface area contributed by atoms with Crippen LogP contribution in [0.5, 0.6) is 0 Å². The monoisotopic (exact) mass is 491 g/mol. The van der Waals surface area contributed by atoms with E-state index < -0.39 is 33.6 Å². The number of hydrogen-bond acceptors (Lipinski definition) is 6. The third kappa shape index (κ3) is 5.42. The Morgan fingerprint density at radius 2 is 1.74 bits per heavy atom. The fourth-order valence-corrected chi connectivity index (χ4v) is 5.14. The molecular formula is C23H26FN3O6S.